The van der Waals surface area contributed by atoms with Crippen LogP contribution in [0.4, 0.5) is 0 Å². The fourth-order valence-electron chi connectivity index (χ4n) is 5.10. The second-order valence-corrected chi connectivity index (χ2v) is 11.4. The minimum Gasteiger partial charge on any atom is -0.391 e. The molecule has 4 aliphatic rings. The SMILES string of the molecule is OCC1(O)OC(COC2(CO)OCC(O)C(O)C2O)C(O)C1O.OCC1(O)OC(COC2(CO)OCC(O)C(O)C2O)C(O)C1O. The largest absolute Gasteiger partial charge is 0.391 e. The molecule has 22 heteroatoms. The van der Waals surface area contributed by atoms with Crippen LogP contribution in [-0.2, 0) is 28.4 Å². The molecule has 16 unspecified atom stereocenters. The molecule has 0 radical (unpaired) electrons. The molecule has 0 aliphatic carbocycles. The molecule has 272 valence electrons. The predicted octanol–water partition coefficient (Wildman–Crippen LogP) is -10.8. The van der Waals surface area contributed by atoms with Crippen LogP contribution in [0.5, 0.6) is 0 Å². The summed E-state index contributed by atoms with van der Waals surface area (Å²) < 4.78 is 30.4. The van der Waals surface area contributed by atoms with E-state index in [2.05, 4.69) is 0 Å². The van der Waals surface area contributed by atoms with Crippen LogP contribution in [0.1, 0.15) is 0 Å². The Bertz CT molecular complexity index is 891. The molecule has 4 heterocycles. The molecule has 4 aliphatic heterocycles. The minimum atomic E-state index is -2.37. The van der Waals surface area contributed by atoms with E-state index < -0.39 is 149 Å². The second-order valence-electron chi connectivity index (χ2n) is 11.4. The van der Waals surface area contributed by atoms with Gasteiger partial charge >= 0.3 is 0 Å². The second kappa shape index (κ2) is 15.3. The number of aliphatic hydroxyl groups is 16. The number of aliphatic hydroxyl groups excluding tert-OH is 14. The first kappa shape index (κ1) is 39.6. The van der Waals surface area contributed by atoms with Gasteiger partial charge in [0.1, 0.15) is 86.5 Å². The van der Waals surface area contributed by atoms with Gasteiger partial charge in [0, 0.05) is 0 Å². The molecule has 22 nitrogen and oxygen atoms in total. The van der Waals surface area contributed by atoms with Gasteiger partial charge in [-0.25, -0.2) is 0 Å². The third-order valence-corrected chi connectivity index (χ3v) is 8.26. The van der Waals surface area contributed by atoms with Gasteiger partial charge in [0.15, 0.2) is 0 Å². The maximum Gasteiger partial charge on any atom is 0.221 e. The predicted molar refractivity (Wildman–Crippen MR) is 137 cm³/mol. The summed E-state index contributed by atoms with van der Waals surface area (Å²) in [6.07, 6.45) is -19.0. The van der Waals surface area contributed by atoms with Crippen molar-refractivity contribution in [1.82, 2.24) is 0 Å². The maximum absolute atomic E-state index is 9.94. The molecule has 46 heavy (non-hydrogen) atoms. The monoisotopic (exact) mass is 684 g/mol. The average Bonchev–Trinajstić information content (AvgIpc) is 3.42. The summed E-state index contributed by atoms with van der Waals surface area (Å²) in [5.74, 6) is -8.90. The quantitative estimate of drug-likeness (QED) is 0.101. The topological polar surface area (TPSA) is 379 Å². The Hall–Kier alpha value is -0.880. The van der Waals surface area contributed by atoms with E-state index in [9.17, 15) is 71.5 Å². The molecule has 4 saturated heterocycles. The lowest BCUT2D eigenvalue weighted by Crippen LogP contribution is -2.64. The van der Waals surface area contributed by atoms with Crippen molar-refractivity contribution in [2.24, 2.45) is 0 Å². The van der Waals surface area contributed by atoms with Gasteiger partial charge in [-0.05, 0) is 0 Å². The van der Waals surface area contributed by atoms with E-state index in [-0.39, 0.29) is 0 Å². The number of hydrogen-bond donors (Lipinski definition) is 16. The average molecular weight is 685 g/mol. The normalized spacial score (nSPS) is 51.1. The van der Waals surface area contributed by atoms with E-state index in [1.54, 1.807) is 0 Å². The van der Waals surface area contributed by atoms with Crippen molar-refractivity contribution in [1.29, 1.82) is 0 Å². The molecule has 0 aromatic rings. The Labute approximate surface area is 260 Å². The van der Waals surface area contributed by atoms with E-state index in [4.69, 9.17) is 38.6 Å². The molecular formula is C24H44O22. The van der Waals surface area contributed by atoms with Crippen LogP contribution in [0.15, 0.2) is 0 Å². The molecule has 0 bridgehead atoms. The number of ether oxygens (including phenoxy) is 6. The lowest BCUT2D eigenvalue weighted by Gasteiger charge is -2.44. The van der Waals surface area contributed by atoms with E-state index in [1.807, 2.05) is 0 Å². The minimum absolute atomic E-state index is 0.421. The summed E-state index contributed by atoms with van der Waals surface area (Å²) in [5, 5.41) is 153. The Morgan fingerprint density at radius 2 is 0.804 bits per heavy atom. The van der Waals surface area contributed by atoms with Gasteiger partial charge in [0.2, 0.25) is 23.1 Å². The first-order chi connectivity index (χ1) is 21.4. The molecule has 0 saturated carbocycles. The van der Waals surface area contributed by atoms with Crippen LogP contribution in [-0.4, -0.2) is 231 Å². The van der Waals surface area contributed by atoms with Crippen LogP contribution in [0.2, 0.25) is 0 Å². The van der Waals surface area contributed by atoms with Crippen molar-refractivity contribution in [3.8, 4) is 0 Å². The zero-order valence-corrected chi connectivity index (χ0v) is 24.2. The highest BCUT2D eigenvalue weighted by Crippen LogP contribution is 2.34. The van der Waals surface area contributed by atoms with Crippen molar-refractivity contribution < 1.29 is 110 Å². The highest BCUT2D eigenvalue weighted by atomic mass is 16.8. The van der Waals surface area contributed by atoms with Crippen LogP contribution in [0.25, 0.3) is 0 Å². The van der Waals surface area contributed by atoms with Gasteiger partial charge in [-0.2, -0.15) is 0 Å². The first-order valence-corrected chi connectivity index (χ1v) is 14.0. The fourth-order valence-corrected chi connectivity index (χ4v) is 5.10. The van der Waals surface area contributed by atoms with Crippen LogP contribution in [0.3, 0.4) is 0 Å². The third-order valence-electron chi connectivity index (χ3n) is 8.26. The smallest absolute Gasteiger partial charge is 0.221 e. The highest BCUT2D eigenvalue weighted by molar-refractivity contribution is 4.99. The van der Waals surface area contributed by atoms with Crippen molar-refractivity contribution in [3.63, 3.8) is 0 Å². The molecule has 16 N–H and O–H groups in total. The molecular weight excluding hydrogens is 640 g/mol. The summed E-state index contributed by atoms with van der Waals surface area (Å²) in [4.78, 5) is 0. The molecule has 0 aromatic heterocycles. The zero-order chi connectivity index (χ0) is 34.8. The summed E-state index contributed by atoms with van der Waals surface area (Å²) in [6, 6.07) is 0. The summed E-state index contributed by atoms with van der Waals surface area (Å²) in [7, 11) is 0. The summed E-state index contributed by atoms with van der Waals surface area (Å²) >= 11 is 0. The first-order valence-electron chi connectivity index (χ1n) is 14.0. The highest BCUT2D eigenvalue weighted by Gasteiger charge is 2.57. The fraction of sp³-hybridized carbons (Fsp3) is 1.00. The third kappa shape index (κ3) is 7.48. The lowest BCUT2D eigenvalue weighted by atomic mass is 9.97. The summed E-state index contributed by atoms with van der Waals surface area (Å²) in [6.45, 7) is -5.66. The standard InChI is InChI=1S/2C12H22O11/c2*13-3-11(20)9(18)8(17)6(23-11)2-22-12(4-14)10(19)7(16)5(15)1-21-12/h2*5-10,13-20H,1-4H2. The van der Waals surface area contributed by atoms with E-state index in [1.165, 1.54) is 0 Å². The Kier molecular flexibility index (Phi) is 13.2. The molecule has 16 atom stereocenters. The Balaban J connectivity index is 0.000000250. The summed E-state index contributed by atoms with van der Waals surface area (Å²) in [5.41, 5.74) is 0. The maximum atomic E-state index is 9.94. The van der Waals surface area contributed by atoms with Crippen LogP contribution in [0, 0.1) is 0 Å². The van der Waals surface area contributed by atoms with Gasteiger partial charge in [0.05, 0.1) is 39.6 Å². The van der Waals surface area contributed by atoms with E-state index in [0.717, 1.165) is 0 Å². The van der Waals surface area contributed by atoms with Gasteiger partial charge in [-0.15, -0.1) is 0 Å². The van der Waals surface area contributed by atoms with Crippen LogP contribution < -0.4 is 0 Å². The van der Waals surface area contributed by atoms with E-state index >= 15 is 0 Å². The molecule has 4 rings (SSSR count). The molecule has 0 spiro atoms. The van der Waals surface area contributed by atoms with Gasteiger partial charge in [0.25, 0.3) is 0 Å². The van der Waals surface area contributed by atoms with Crippen molar-refractivity contribution in [2.45, 2.75) is 96.4 Å². The Morgan fingerprint density at radius 1 is 0.478 bits per heavy atom. The van der Waals surface area contributed by atoms with Crippen molar-refractivity contribution >= 4 is 0 Å². The Morgan fingerprint density at radius 3 is 1.07 bits per heavy atom. The van der Waals surface area contributed by atoms with Gasteiger partial charge in [-0.1, -0.05) is 0 Å². The van der Waals surface area contributed by atoms with E-state index in [0.29, 0.717) is 0 Å². The van der Waals surface area contributed by atoms with Gasteiger partial charge < -0.3 is 110 Å². The molecule has 4 fully saturated rings. The van der Waals surface area contributed by atoms with Crippen molar-refractivity contribution in [3.05, 3.63) is 0 Å². The molecule has 0 aromatic carbocycles. The van der Waals surface area contributed by atoms with Gasteiger partial charge in [-0.3, -0.25) is 0 Å². The zero-order valence-electron chi connectivity index (χ0n) is 24.2. The number of hydrogen-bond acceptors (Lipinski definition) is 22. The molecule has 0 amide bonds. The number of rotatable bonds is 10. The van der Waals surface area contributed by atoms with Crippen molar-refractivity contribution in [2.75, 3.05) is 52.9 Å². The lowest BCUT2D eigenvalue weighted by molar-refractivity contribution is -0.356. The van der Waals surface area contributed by atoms with Crippen LogP contribution >= 0.6 is 0 Å².